The highest BCUT2D eigenvalue weighted by Crippen LogP contribution is 2.38. The van der Waals surface area contributed by atoms with Gasteiger partial charge in [0.05, 0.1) is 6.61 Å². The van der Waals surface area contributed by atoms with Gasteiger partial charge in [0.1, 0.15) is 5.82 Å². The van der Waals surface area contributed by atoms with E-state index in [1.54, 1.807) is 6.07 Å². The predicted octanol–water partition coefficient (Wildman–Crippen LogP) is 2.24. The molecule has 2 rings (SSSR count). The third-order valence-electron chi connectivity index (χ3n) is 4.43. The molecule has 1 aromatic carbocycles. The van der Waals surface area contributed by atoms with Crippen LogP contribution in [0.1, 0.15) is 24.8 Å². The minimum atomic E-state index is -0.334. The molecule has 0 radical (unpaired) electrons. The molecular formula is C15H23FN2O. The van der Waals surface area contributed by atoms with E-state index >= 15 is 0 Å². The summed E-state index contributed by atoms with van der Waals surface area (Å²) in [5, 5.41) is 9.35. The van der Waals surface area contributed by atoms with E-state index < -0.39 is 0 Å². The van der Waals surface area contributed by atoms with Gasteiger partial charge in [-0.05, 0) is 45.5 Å². The average Bonchev–Trinajstić information content (AvgIpc) is 2.32. The second kappa shape index (κ2) is 5.47. The van der Waals surface area contributed by atoms with Gasteiger partial charge >= 0.3 is 0 Å². The fourth-order valence-corrected chi connectivity index (χ4v) is 2.92. The summed E-state index contributed by atoms with van der Waals surface area (Å²) in [6, 6.07) is 4.97. The van der Waals surface area contributed by atoms with Crippen molar-refractivity contribution in [2.24, 2.45) is 0 Å². The van der Waals surface area contributed by atoms with Crippen LogP contribution in [0.15, 0.2) is 18.2 Å². The largest absolute Gasteiger partial charge is 0.391 e. The van der Waals surface area contributed by atoms with E-state index in [0.717, 1.165) is 12.2 Å². The van der Waals surface area contributed by atoms with E-state index in [4.69, 9.17) is 0 Å². The Bertz CT molecular complexity index is 444. The summed E-state index contributed by atoms with van der Waals surface area (Å²) in [6.45, 7) is 0.595. The monoisotopic (exact) mass is 266 g/mol. The second-order valence-corrected chi connectivity index (χ2v) is 5.72. The number of aliphatic hydroxyl groups excluding tert-OH is 1. The van der Waals surface area contributed by atoms with Gasteiger partial charge in [-0.3, -0.25) is 0 Å². The molecule has 1 aliphatic rings. The standard InChI is InChI=1S/C15H23FN2O/c1-17(2)15(8-5-9-15)11-18(3)14-7-4-6-13(16)12(14)10-19/h4,6-7,19H,5,8-11H2,1-3H3. The van der Waals surface area contributed by atoms with E-state index in [9.17, 15) is 9.50 Å². The van der Waals surface area contributed by atoms with Gasteiger partial charge < -0.3 is 14.9 Å². The number of anilines is 1. The van der Waals surface area contributed by atoms with Crippen molar-refractivity contribution in [1.29, 1.82) is 0 Å². The Labute approximate surface area is 114 Å². The van der Waals surface area contributed by atoms with E-state index in [1.807, 2.05) is 13.1 Å². The second-order valence-electron chi connectivity index (χ2n) is 5.72. The third kappa shape index (κ3) is 2.60. The molecule has 0 spiro atoms. The third-order valence-corrected chi connectivity index (χ3v) is 4.43. The van der Waals surface area contributed by atoms with Crippen molar-refractivity contribution >= 4 is 5.69 Å². The Morgan fingerprint density at radius 3 is 2.42 bits per heavy atom. The molecule has 0 heterocycles. The van der Waals surface area contributed by atoms with Crippen LogP contribution in [0.25, 0.3) is 0 Å². The van der Waals surface area contributed by atoms with Crippen molar-refractivity contribution in [1.82, 2.24) is 4.90 Å². The molecule has 1 saturated carbocycles. The summed E-state index contributed by atoms with van der Waals surface area (Å²) in [7, 11) is 6.18. The molecule has 19 heavy (non-hydrogen) atoms. The number of hydrogen-bond acceptors (Lipinski definition) is 3. The summed E-state index contributed by atoms with van der Waals surface area (Å²) in [5.41, 5.74) is 1.36. The Hall–Kier alpha value is -1.13. The van der Waals surface area contributed by atoms with Gasteiger partial charge in [-0.25, -0.2) is 4.39 Å². The molecule has 1 N–H and O–H groups in total. The summed E-state index contributed by atoms with van der Waals surface area (Å²) in [6.07, 6.45) is 3.60. The lowest BCUT2D eigenvalue weighted by Gasteiger charge is -2.49. The first-order chi connectivity index (χ1) is 9.00. The topological polar surface area (TPSA) is 26.7 Å². The molecule has 4 heteroatoms. The van der Waals surface area contributed by atoms with Crippen LogP contribution < -0.4 is 4.90 Å². The van der Waals surface area contributed by atoms with Crippen LogP contribution in [-0.2, 0) is 6.61 Å². The smallest absolute Gasteiger partial charge is 0.130 e. The predicted molar refractivity (Wildman–Crippen MR) is 75.9 cm³/mol. The van der Waals surface area contributed by atoms with Crippen LogP contribution >= 0.6 is 0 Å². The van der Waals surface area contributed by atoms with Gasteiger partial charge in [-0.1, -0.05) is 6.07 Å². The highest BCUT2D eigenvalue weighted by molar-refractivity contribution is 5.53. The minimum Gasteiger partial charge on any atom is -0.391 e. The zero-order valence-corrected chi connectivity index (χ0v) is 12.0. The highest BCUT2D eigenvalue weighted by atomic mass is 19.1. The lowest BCUT2D eigenvalue weighted by atomic mass is 9.75. The fraction of sp³-hybridized carbons (Fsp3) is 0.600. The summed E-state index contributed by atoms with van der Waals surface area (Å²) >= 11 is 0. The number of likely N-dealkylation sites (N-methyl/N-ethyl adjacent to an activating group) is 2. The van der Waals surface area contributed by atoms with E-state index in [0.29, 0.717) is 5.56 Å². The molecule has 0 bridgehead atoms. The van der Waals surface area contributed by atoms with Crippen LogP contribution in [0.5, 0.6) is 0 Å². The molecular weight excluding hydrogens is 243 g/mol. The van der Waals surface area contributed by atoms with Crippen molar-refractivity contribution in [2.45, 2.75) is 31.4 Å². The van der Waals surface area contributed by atoms with Crippen LogP contribution in [0, 0.1) is 5.82 Å². The van der Waals surface area contributed by atoms with E-state index in [1.165, 1.54) is 25.3 Å². The molecule has 1 fully saturated rings. The molecule has 0 amide bonds. The molecule has 106 valence electrons. The zero-order chi connectivity index (χ0) is 14.0. The van der Waals surface area contributed by atoms with Gasteiger partial charge in [0, 0.05) is 30.4 Å². The molecule has 0 aliphatic heterocycles. The first-order valence-corrected chi connectivity index (χ1v) is 6.77. The van der Waals surface area contributed by atoms with Crippen LogP contribution in [0.4, 0.5) is 10.1 Å². The summed E-state index contributed by atoms with van der Waals surface area (Å²) in [4.78, 5) is 4.33. The minimum absolute atomic E-state index is 0.188. The maximum atomic E-state index is 13.7. The Kier molecular flexibility index (Phi) is 4.11. The van der Waals surface area contributed by atoms with E-state index in [-0.39, 0.29) is 18.0 Å². The molecule has 0 saturated heterocycles. The van der Waals surface area contributed by atoms with Crippen molar-refractivity contribution < 1.29 is 9.50 Å². The van der Waals surface area contributed by atoms with Gasteiger partial charge in [0.15, 0.2) is 0 Å². The quantitative estimate of drug-likeness (QED) is 0.885. The summed E-state index contributed by atoms with van der Waals surface area (Å²) in [5.74, 6) is -0.334. The Balaban J connectivity index is 2.20. The van der Waals surface area contributed by atoms with Gasteiger partial charge in [0.25, 0.3) is 0 Å². The number of halogens is 1. The Morgan fingerprint density at radius 1 is 1.26 bits per heavy atom. The molecule has 0 aromatic heterocycles. The lowest BCUT2D eigenvalue weighted by molar-refractivity contribution is 0.0682. The molecule has 0 atom stereocenters. The first-order valence-electron chi connectivity index (χ1n) is 6.77. The first kappa shape index (κ1) is 14.3. The number of hydrogen-bond donors (Lipinski definition) is 1. The van der Waals surface area contributed by atoms with Gasteiger partial charge in [-0.15, -0.1) is 0 Å². The van der Waals surface area contributed by atoms with Crippen LogP contribution in [0.3, 0.4) is 0 Å². The molecule has 0 unspecified atom stereocenters. The fourth-order valence-electron chi connectivity index (χ4n) is 2.92. The van der Waals surface area contributed by atoms with Gasteiger partial charge in [0.2, 0.25) is 0 Å². The number of nitrogens with zero attached hydrogens (tertiary/aromatic N) is 2. The van der Waals surface area contributed by atoms with Crippen molar-refractivity contribution in [3.05, 3.63) is 29.6 Å². The zero-order valence-electron chi connectivity index (χ0n) is 12.0. The number of rotatable bonds is 5. The van der Waals surface area contributed by atoms with Gasteiger partial charge in [-0.2, -0.15) is 0 Å². The van der Waals surface area contributed by atoms with Crippen molar-refractivity contribution in [3.63, 3.8) is 0 Å². The average molecular weight is 266 g/mol. The number of benzene rings is 1. The summed E-state index contributed by atoms with van der Waals surface area (Å²) < 4.78 is 13.7. The Morgan fingerprint density at radius 2 is 1.95 bits per heavy atom. The lowest BCUT2D eigenvalue weighted by Crippen LogP contribution is -2.56. The van der Waals surface area contributed by atoms with Crippen molar-refractivity contribution in [2.75, 3.05) is 32.6 Å². The van der Waals surface area contributed by atoms with Crippen LogP contribution in [0.2, 0.25) is 0 Å². The van der Waals surface area contributed by atoms with Crippen LogP contribution in [-0.4, -0.2) is 43.2 Å². The molecule has 3 nitrogen and oxygen atoms in total. The molecule has 1 aliphatic carbocycles. The van der Waals surface area contributed by atoms with Crippen molar-refractivity contribution in [3.8, 4) is 0 Å². The maximum Gasteiger partial charge on any atom is 0.130 e. The molecule has 1 aromatic rings. The highest BCUT2D eigenvalue weighted by Gasteiger charge is 2.40. The normalized spacial score (nSPS) is 17.4. The number of aliphatic hydroxyl groups is 1. The SMILES string of the molecule is CN(CC1(N(C)C)CCC1)c1cccc(F)c1CO. The van der Waals surface area contributed by atoms with E-state index in [2.05, 4.69) is 23.9 Å². The maximum absolute atomic E-state index is 13.7.